The van der Waals surface area contributed by atoms with Gasteiger partial charge in [-0.15, -0.1) is 0 Å². The standard InChI is InChI=1S/C24H22N2O2/c1-24(2)12-17-21(18(27)13-24)19(14-8-4-3-5-9-14)20-15-10-6-7-11-16(15)23(28)26-22(20)25-17/h3-11,19H,12-13H2,1-2H3,(H2,25,26,28)/t19-/m1/s1. The van der Waals surface area contributed by atoms with Crippen LogP contribution in [-0.2, 0) is 4.79 Å². The van der Waals surface area contributed by atoms with E-state index in [1.807, 2.05) is 42.5 Å². The quantitative estimate of drug-likeness (QED) is 0.651. The molecule has 3 aromatic rings. The lowest BCUT2D eigenvalue weighted by Crippen LogP contribution is -2.35. The number of pyridine rings is 1. The zero-order valence-corrected chi connectivity index (χ0v) is 16.0. The Morgan fingerprint density at radius 1 is 0.893 bits per heavy atom. The van der Waals surface area contributed by atoms with Crippen molar-refractivity contribution < 1.29 is 4.79 Å². The lowest BCUT2D eigenvalue weighted by Gasteiger charge is -2.39. The fraction of sp³-hybridized carbons (Fsp3) is 0.250. The summed E-state index contributed by atoms with van der Waals surface area (Å²) in [5.74, 6) is 0.716. The van der Waals surface area contributed by atoms with Gasteiger partial charge in [0.2, 0.25) is 0 Å². The average molecular weight is 370 g/mol. The van der Waals surface area contributed by atoms with E-state index in [1.165, 1.54) is 0 Å². The second-order valence-electron chi connectivity index (χ2n) is 8.59. The van der Waals surface area contributed by atoms with Crippen molar-refractivity contribution in [2.24, 2.45) is 5.41 Å². The lowest BCUT2D eigenvalue weighted by atomic mass is 9.68. The zero-order chi connectivity index (χ0) is 19.5. The topological polar surface area (TPSA) is 62.0 Å². The third-order valence-corrected chi connectivity index (χ3v) is 5.88. The molecule has 1 aliphatic heterocycles. The highest BCUT2D eigenvalue weighted by Crippen LogP contribution is 2.49. The number of carbonyl (C=O) groups excluding carboxylic acids is 1. The van der Waals surface area contributed by atoms with Gasteiger partial charge in [0.25, 0.3) is 5.56 Å². The Bertz CT molecular complexity index is 1200. The second-order valence-corrected chi connectivity index (χ2v) is 8.59. The Hall–Kier alpha value is -3.14. The summed E-state index contributed by atoms with van der Waals surface area (Å²) in [5.41, 5.74) is 3.62. The highest BCUT2D eigenvalue weighted by molar-refractivity contribution is 6.03. The van der Waals surface area contributed by atoms with E-state index >= 15 is 0 Å². The first-order chi connectivity index (χ1) is 13.4. The van der Waals surface area contributed by atoms with Crippen LogP contribution in [0.2, 0.25) is 0 Å². The third-order valence-electron chi connectivity index (χ3n) is 5.88. The minimum absolute atomic E-state index is 0.0984. The molecule has 1 aliphatic carbocycles. The van der Waals surface area contributed by atoms with Gasteiger partial charge < -0.3 is 10.3 Å². The van der Waals surface area contributed by atoms with Crippen LogP contribution in [0.1, 0.15) is 43.7 Å². The number of benzene rings is 2. The van der Waals surface area contributed by atoms with E-state index in [9.17, 15) is 9.59 Å². The number of allylic oxidation sites excluding steroid dienone is 2. The number of ketones is 1. The Morgan fingerprint density at radius 2 is 1.57 bits per heavy atom. The zero-order valence-electron chi connectivity index (χ0n) is 16.0. The second kappa shape index (κ2) is 5.93. The predicted molar refractivity (Wildman–Crippen MR) is 112 cm³/mol. The van der Waals surface area contributed by atoms with Crippen LogP contribution < -0.4 is 10.9 Å². The number of hydrogen-bond donors (Lipinski definition) is 2. The van der Waals surface area contributed by atoms with Gasteiger partial charge >= 0.3 is 0 Å². The molecular formula is C24H22N2O2. The molecule has 140 valence electrons. The summed E-state index contributed by atoms with van der Waals surface area (Å²) in [6, 6.07) is 17.8. The van der Waals surface area contributed by atoms with Gasteiger partial charge in [-0.3, -0.25) is 9.59 Å². The third kappa shape index (κ3) is 2.52. The number of fused-ring (bicyclic) bond motifs is 3. The molecule has 2 aromatic carbocycles. The number of hydrogen-bond acceptors (Lipinski definition) is 3. The van der Waals surface area contributed by atoms with E-state index < -0.39 is 0 Å². The monoisotopic (exact) mass is 370 g/mol. The highest BCUT2D eigenvalue weighted by Gasteiger charge is 2.41. The Labute approximate surface area is 163 Å². The molecule has 0 fully saturated rings. The molecule has 1 aromatic heterocycles. The van der Waals surface area contributed by atoms with Gasteiger partial charge in [-0.25, -0.2) is 0 Å². The molecule has 5 rings (SSSR count). The van der Waals surface area contributed by atoms with Gasteiger partial charge in [0, 0.05) is 34.6 Å². The fourth-order valence-corrected chi connectivity index (χ4v) is 4.75. The molecule has 1 atom stereocenters. The minimum atomic E-state index is -0.183. The number of nitrogens with one attached hydrogen (secondary N) is 2. The van der Waals surface area contributed by atoms with Crippen LogP contribution in [0, 0.1) is 5.41 Å². The maximum absolute atomic E-state index is 13.3. The number of H-pyrrole nitrogens is 1. The van der Waals surface area contributed by atoms with E-state index in [1.54, 1.807) is 0 Å². The van der Waals surface area contributed by atoms with Gasteiger partial charge in [-0.1, -0.05) is 62.4 Å². The predicted octanol–water partition coefficient (Wildman–Crippen LogP) is 4.73. The molecule has 0 unspecified atom stereocenters. The maximum Gasteiger partial charge on any atom is 0.257 e. The summed E-state index contributed by atoms with van der Waals surface area (Å²) in [4.78, 5) is 29.0. The van der Waals surface area contributed by atoms with Crippen molar-refractivity contribution in [1.82, 2.24) is 4.98 Å². The van der Waals surface area contributed by atoms with Crippen LogP contribution in [0.3, 0.4) is 0 Å². The fourth-order valence-electron chi connectivity index (χ4n) is 4.75. The first kappa shape index (κ1) is 17.0. The average Bonchev–Trinajstić information content (AvgIpc) is 2.66. The Kier molecular flexibility index (Phi) is 3.60. The van der Waals surface area contributed by atoms with Gasteiger partial charge in [0.1, 0.15) is 5.82 Å². The smallest absolute Gasteiger partial charge is 0.257 e. The van der Waals surface area contributed by atoms with E-state index in [0.717, 1.165) is 34.2 Å². The molecule has 2 aliphatic rings. The molecule has 0 saturated carbocycles. The van der Waals surface area contributed by atoms with Crippen molar-refractivity contribution in [3.63, 3.8) is 0 Å². The highest BCUT2D eigenvalue weighted by atomic mass is 16.1. The van der Waals surface area contributed by atoms with Crippen LogP contribution in [0.15, 0.2) is 70.7 Å². The summed E-state index contributed by atoms with van der Waals surface area (Å²) < 4.78 is 0. The van der Waals surface area contributed by atoms with Crippen LogP contribution in [0.5, 0.6) is 0 Å². The minimum Gasteiger partial charge on any atom is -0.345 e. The van der Waals surface area contributed by atoms with Crippen molar-refractivity contribution in [3.8, 4) is 0 Å². The molecule has 2 N–H and O–H groups in total. The van der Waals surface area contributed by atoms with E-state index in [-0.39, 0.29) is 22.7 Å². The number of carbonyl (C=O) groups is 1. The summed E-state index contributed by atoms with van der Waals surface area (Å²) in [5, 5.41) is 4.97. The summed E-state index contributed by atoms with van der Waals surface area (Å²) in [7, 11) is 0. The van der Waals surface area contributed by atoms with Gasteiger partial charge in [-0.2, -0.15) is 0 Å². The first-order valence-electron chi connectivity index (χ1n) is 9.68. The molecule has 0 radical (unpaired) electrons. The molecule has 4 nitrogen and oxygen atoms in total. The number of aromatic nitrogens is 1. The van der Waals surface area contributed by atoms with Gasteiger partial charge in [-0.05, 0) is 28.9 Å². The Morgan fingerprint density at radius 3 is 2.32 bits per heavy atom. The molecule has 0 amide bonds. The largest absolute Gasteiger partial charge is 0.345 e. The number of anilines is 1. The molecule has 0 saturated heterocycles. The van der Waals surface area contributed by atoms with Crippen molar-refractivity contribution in [3.05, 3.63) is 87.3 Å². The molecule has 4 heteroatoms. The molecular weight excluding hydrogens is 348 g/mol. The molecule has 2 heterocycles. The van der Waals surface area contributed by atoms with Crippen LogP contribution in [0.25, 0.3) is 10.8 Å². The summed E-state index contributed by atoms with van der Waals surface area (Å²) >= 11 is 0. The Balaban J connectivity index is 1.86. The van der Waals surface area contributed by atoms with Crippen molar-refractivity contribution in [1.29, 1.82) is 0 Å². The van der Waals surface area contributed by atoms with E-state index in [4.69, 9.17) is 0 Å². The van der Waals surface area contributed by atoms with Gasteiger partial charge in [0.05, 0.1) is 0 Å². The normalized spacial score (nSPS) is 20.5. The van der Waals surface area contributed by atoms with Crippen molar-refractivity contribution in [2.45, 2.75) is 32.6 Å². The molecule has 0 bridgehead atoms. The van der Waals surface area contributed by atoms with Crippen LogP contribution >= 0.6 is 0 Å². The first-order valence-corrected chi connectivity index (χ1v) is 9.68. The summed E-state index contributed by atoms with van der Waals surface area (Å²) in [6.45, 7) is 4.24. The number of aromatic amines is 1. The van der Waals surface area contributed by atoms with E-state index in [2.05, 4.69) is 36.3 Å². The van der Waals surface area contributed by atoms with Crippen molar-refractivity contribution in [2.75, 3.05) is 5.32 Å². The maximum atomic E-state index is 13.3. The number of Topliss-reactive ketones (excluding diaryl/α,β-unsaturated/α-hetero) is 1. The lowest BCUT2D eigenvalue weighted by molar-refractivity contribution is -0.118. The van der Waals surface area contributed by atoms with E-state index in [0.29, 0.717) is 17.6 Å². The van der Waals surface area contributed by atoms with Crippen molar-refractivity contribution >= 4 is 22.4 Å². The molecule has 28 heavy (non-hydrogen) atoms. The SMILES string of the molecule is CC1(C)CC(=O)C2=C(C1)Nc1[nH]c(=O)c3ccccc3c1[C@H]2c1ccccc1. The van der Waals surface area contributed by atoms with Gasteiger partial charge in [0.15, 0.2) is 5.78 Å². The number of rotatable bonds is 1. The summed E-state index contributed by atoms with van der Waals surface area (Å²) in [6.07, 6.45) is 1.32. The van der Waals surface area contributed by atoms with Crippen LogP contribution in [-0.4, -0.2) is 10.8 Å². The molecule has 0 spiro atoms. The van der Waals surface area contributed by atoms with Crippen LogP contribution in [0.4, 0.5) is 5.82 Å².